The molecule has 0 heterocycles. The normalized spacial score (nSPS) is 12.2. The van der Waals surface area contributed by atoms with Crippen molar-refractivity contribution in [2.75, 3.05) is 0 Å². The van der Waals surface area contributed by atoms with Crippen LogP contribution < -0.4 is 10.5 Å². The van der Waals surface area contributed by atoms with E-state index in [1.807, 2.05) is 20.8 Å². The van der Waals surface area contributed by atoms with Gasteiger partial charge >= 0.3 is 0 Å². The number of hydrogen-bond acceptors (Lipinski definition) is 3. The zero-order valence-corrected chi connectivity index (χ0v) is 12.6. The van der Waals surface area contributed by atoms with E-state index in [-0.39, 0.29) is 10.5 Å². The summed E-state index contributed by atoms with van der Waals surface area (Å²) in [6, 6.07) is 2.98. The lowest BCUT2D eigenvalue weighted by atomic mass is 9.98. The second-order valence-corrected chi connectivity index (χ2v) is 6.84. The van der Waals surface area contributed by atoms with E-state index in [0.717, 1.165) is 31.0 Å². The molecule has 1 aromatic carbocycles. The van der Waals surface area contributed by atoms with Crippen molar-refractivity contribution >= 4 is 15.9 Å². The van der Waals surface area contributed by atoms with Crippen LogP contribution in [0, 0.1) is 5.82 Å². The molecule has 0 aliphatic heterocycles. The van der Waals surface area contributed by atoms with Crippen LogP contribution in [0.3, 0.4) is 0 Å². The van der Waals surface area contributed by atoms with Crippen LogP contribution in [-0.4, -0.2) is 19.9 Å². The maximum atomic E-state index is 13.8. The van der Waals surface area contributed by atoms with Crippen LogP contribution in [0.25, 0.3) is 0 Å². The molecule has 0 aliphatic rings. The molecule has 7 heteroatoms. The van der Waals surface area contributed by atoms with E-state index in [1.165, 1.54) is 0 Å². The minimum atomic E-state index is -3.98. The third-order valence-electron chi connectivity index (χ3n) is 2.84. The Morgan fingerprint density at radius 1 is 1.40 bits per heavy atom. The van der Waals surface area contributed by atoms with Gasteiger partial charge in [-0.25, -0.2) is 17.9 Å². The molecule has 1 amide bonds. The van der Waals surface area contributed by atoms with Gasteiger partial charge in [0.25, 0.3) is 5.91 Å². The molecule has 0 radical (unpaired) electrons. The fourth-order valence-electron chi connectivity index (χ4n) is 1.92. The molecule has 1 rings (SSSR count). The molecule has 0 bridgehead atoms. The number of hydrogen-bond donors (Lipinski definition) is 2. The third kappa shape index (κ3) is 4.28. The van der Waals surface area contributed by atoms with Gasteiger partial charge < -0.3 is 5.32 Å². The number of benzene rings is 1. The summed E-state index contributed by atoms with van der Waals surface area (Å²) >= 11 is 0. The third-order valence-corrected chi connectivity index (χ3v) is 3.75. The van der Waals surface area contributed by atoms with Gasteiger partial charge in [0.2, 0.25) is 10.0 Å². The van der Waals surface area contributed by atoms with E-state index in [2.05, 4.69) is 5.32 Å². The molecule has 0 aliphatic carbocycles. The lowest BCUT2D eigenvalue weighted by molar-refractivity contribution is 0.0904. The van der Waals surface area contributed by atoms with Gasteiger partial charge in [0.15, 0.2) is 0 Å². The summed E-state index contributed by atoms with van der Waals surface area (Å²) < 4.78 is 36.0. The van der Waals surface area contributed by atoms with Crippen LogP contribution in [0.15, 0.2) is 23.1 Å². The minimum absolute atomic E-state index is 0.207. The Balaban J connectivity index is 3.01. The highest BCUT2D eigenvalue weighted by Crippen LogP contribution is 2.16. The van der Waals surface area contributed by atoms with E-state index in [4.69, 9.17) is 5.14 Å². The number of carbonyl (C=O) groups is 1. The quantitative estimate of drug-likeness (QED) is 0.869. The van der Waals surface area contributed by atoms with Crippen molar-refractivity contribution in [3.05, 3.63) is 29.6 Å². The van der Waals surface area contributed by atoms with Crippen LogP contribution in [0.1, 0.15) is 44.0 Å². The Hall–Kier alpha value is -1.47. The topological polar surface area (TPSA) is 89.3 Å². The number of amides is 1. The van der Waals surface area contributed by atoms with Gasteiger partial charge in [0, 0.05) is 5.54 Å². The molecule has 1 aromatic rings. The lowest BCUT2D eigenvalue weighted by Gasteiger charge is -2.25. The van der Waals surface area contributed by atoms with Gasteiger partial charge in [-0.3, -0.25) is 4.79 Å². The molecule has 20 heavy (non-hydrogen) atoms. The van der Waals surface area contributed by atoms with E-state index in [9.17, 15) is 17.6 Å². The Bertz CT molecular complexity index is 612. The number of primary sulfonamides is 1. The summed E-state index contributed by atoms with van der Waals surface area (Å²) in [5.41, 5.74) is -0.668. The number of halogens is 1. The van der Waals surface area contributed by atoms with Gasteiger partial charge in [-0.15, -0.1) is 0 Å². The van der Waals surface area contributed by atoms with Crippen molar-refractivity contribution < 1.29 is 17.6 Å². The summed E-state index contributed by atoms with van der Waals surface area (Å²) in [4.78, 5) is 11.6. The first-order valence-electron chi connectivity index (χ1n) is 6.21. The first kappa shape index (κ1) is 16.6. The first-order chi connectivity index (χ1) is 9.07. The molecule has 0 atom stereocenters. The maximum absolute atomic E-state index is 13.8. The van der Waals surface area contributed by atoms with Gasteiger partial charge in [0.05, 0.1) is 10.5 Å². The zero-order chi connectivity index (χ0) is 15.6. The SMILES string of the molecule is CCCC(C)(C)NC(=O)c1ccc(S(N)(=O)=O)cc1F. The van der Waals surface area contributed by atoms with Crippen molar-refractivity contribution in [3.8, 4) is 0 Å². The second kappa shape index (κ2) is 5.88. The highest BCUT2D eigenvalue weighted by atomic mass is 32.2. The largest absolute Gasteiger partial charge is 0.347 e. The summed E-state index contributed by atoms with van der Waals surface area (Å²) in [6.45, 7) is 5.66. The fraction of sp³-hybridized carbons (Fsp3) is 0.462. The average Bonchev–Trinajstić information content (AvgIpc) is 2.26. The summed E-state index contributed by atoms with van der Waals surface area (Å²) in [5.74, 6) is -1.50. The van der Waals surface area contributed by atoms with E-state index in [1.54, 1.807) is 0 Å². The molecule has 0 unspecified atom stereocenters. The number of nitrogens with one attached hydrogen (secondary N) is 1. The highest BCUT2D eigenvalue weighted by Gasteiger charge is 2.22. The van der Waals surface area contributed by atoms with Crippen molar-refractivity contribution in [1.29, 1.82) is 0 Å². The van der Waals surface area contributed by atoms with Crippen molar-refractivity contribution in [3.63, 3.8) is 0 Å². The van der Waals surface area contributed by atoms with Crippen molar-refractivity contribution in [2.24, 2.45) is 5.14 Å². The number of rotatable bonds is 5. The Labute approximate surface area is 118 Å². The molecule has 0 aromatic heterocycles. The molecule has 0 fully saturated rings. The van der Waals surface area contributed by atoms with Crippen LogP contribution in [0.4, 0.5) is 4.39 Å². The van der Waals surface area contributed by atoms with Crippen molar-refractivity contribution in [1.82, 2.24) is 5.32 Å². The summed E-state index contributed by atoms with van der Waals surface area (Å²) in [6.07, 6.45) is 1.62. The van der Waals surface area contributed by atoms with Gasteiger partial charge in [-0.05, 0) is 38.5 Å². The zero-order valence-electron chi connectivity index (χ0n) is 11.7. The molecule has 0 spiro atoms. The standard InChI is InChI=1S/C13H19FN2O3S/c1-4-7-13(2,3)16-12(17)10-6-5-9(8-11(10)14)20(15,18)19/h5-6,8H,4,7H2,1-3H3,(H,16,17)(H2,15,18,19). The molecular formula is C13H19FN2O3S. The van der Waals surface area contributed by atoms with Crippen molar-refractivity contribution in [2.45, 2.75) is 44.0 Å². The van der Waals surface area contributed by atoms with Crippen LogP contribution in [0.2, 0.25) is 0 Å². The smallest absolute Gasteiger partial charge is 0.254 e. The predicted molar refractivity (Wildman–Crippen MR) is 74.2 cm³/mol. The highest BCUT2D eigenvalue weighted by molar-refractivity contribution is 7.89. The molecule has 0 saturated heterocycles. The Morgan fingerprint density at radius 2 is 2.00 bits per heavy atom. The van der Waals surface area contributed by atoms with Gasteiger partial charge in [0.1, 0.15) is 5.82 Å². The van der Waals surface area contributed by atoms with Crippen LogP contribution in [0.5, 0.6) is 0 Å². The lowest BCUT2D eigenvalue weighted by Crippen LogP contribution is -2.43. The molecular weight excluding hydrogens is 283 g/mol. The Morgan fingerprint density at radius 3 is 2.45 bits per heavy atom. The monoisotopic (exact) mass is 302 g/mol. The minimum Gasteiger partial charge on any atom is -0.347 e. The predicted octanol–water partition coefficient (Wildman–Crippen LogP) is 1.78. The maximum Gasteiger partial charge on any atom is 0.254 e. The second-order valence-electron chi connectivity index (χ2n) is 5.27. The number of carbonyl (C=O) groups excluding carboxylic acids is 1. The summed E-state index contributed by atoms with van der Waals surface area (Å²) in [5, 5.41) is 7.61. The fourth-order valence-corrected chi connectivity index (χ4v) is 2.44. The van der Waals surface area contributed by atoms with Gasteiger partial charge in [-0.2, -0.15) is 0 Å². The summed E-state index contributed by atoms with van der Waals surface area (Å²) in [7, 11) is -3.98. The molecule has 3 N–H and O–H groups in total. The average molecular weight is 302 g/mol. The van der Waals surface area contributed by atoms with Crippen LogP contribution in [-0.2, 0) is 10.0 Å². The molecule has 5 nitrogen and oxygen atoms in total. The van der Waals surface area contributed by atoms with Crippen LogP contribution >= 0.6 is 0 Å². The first-order valence-corrected chi connectivity index (χ1v) is 7.76. The van der Waals surface area contributed by atoms with E-state index >= 15 is 0 Å². The number of nitrogens with two attached hydrogens (primary N) is 1. The molecule has 112 valence electrons. The Kier molecular flexibility index (Phi) is 4.88. The van der Waals surface area contributed by atoms with E-state index < -0.39 is 27.3 Å². The number of sulfonamides is 1. The molecule has 0 saturated carbocycles. The van der Waals surface area contributed by atoms with E-state index in [0.29, 0.717) is 0 Å². The van der Waals surface area contributed by atoms with Gasteiger partial charge in [-0.1, -0.05) is 13.3 Å².